The Bertz CT molecular complexity index is 2460. The molecule has 1 fully saturated rings. The molecule has 0 atom stereocenters. The minimum atomic E-state index is -4.55. The molecule has 0 bridgehead atoms. The quantitative estimate of drug-likeness (QED) is 0.113. The van der Waals surface area contributed by atoms with Gasteiger partial charge in [0.2, 0.25) is 23.5 Å². The minimum absolute atomic E-state index is 0.0453. The van der Waals surface area contributed by atoms with Crippen molar-refractivity contribution < 1.29 is 36.3 Å². The Hall–Kier alpha value is -7.38. The first kappa shape index (κ1) is 39.8. The van der Waals surface area contributed by atoms with Gasteiger partial charge in [0.15, 0.2) is 0 Å². The van der Waals surface area contributed by atoms with Crippen molar-refractivity contribution in [3.05, 3.63) is 128 Å². The standard InChI is InChI=1S/C27H26F3N7O3.C13H10N4O2/c1-36-6-8-37(9-7-36)16-18-11-19(27(28,29)30)13-21(12-18)35-26(38)34-20-3-2-4-22(14-20)40-24-15-23(32-17-33-24)25-31-5-10-39-25;14-9-2-1-3-10(6-9)19-12-7-11(16-8-17-12)13-15-4-5-18-13/h2-5,10-15,17H,6-9,16H2,1H3,(H2,34,35,38);1-8H,14H2. The fourth-order valence-electron chi connectivity index (χ4n) is 5.76. The van der Waals surface area contributed by atoms with Crippen LogP contribution in [0.3, 0.4) is 0 Å². The molecule has 5 heterocycles. The second-order valence-electron chi connectivity index (χ2n) is 13.0. The zero-order valence-electron chi connectivity index (χ0n) is 31.3. The van der Waals surface area contributed by atoms with Gasteiger partial charge in [0.1, 0.15) is 48.1 Å². The number of hydrogen-bond acceptors (Lipinski definition) is 14. The lowest BCUT2D eigenvalue weighted by atomic mass is 10.1. The molecule has 302 valence electrons. The highest BCUT2D eigenvalue weighted by Crippen LogP contribution is 2.33. The average Bonchev–Trinajstić information content (AvgIpc) is 3.96. The number of rotatable bonds is 10. The SMILES string of the molecule is CN1CCN(Cc2cc(NC(=O)Nc3cccc(Oc4cc(-c5ncco5)ncn4)c3)cc(C(F)(F)F)c2)CC1.Nc1cccc(Oc2cc(-c3ncco3)ncn2)c1. The molecule has 0 spiro atoms. The Kier molecular flexibility index (Phi) is 12.3. The molecule has 2 amide bonds. The van der Waals surface area contributed by atoms with Gasteiger partial charge >= 0.3 is 12.2 Å². The molecule has 0 unspecified atom stereocenters. The van der Waals surface area contributed by atoms with Crippen molar-refractivity contribution in [3.8, 4) is 46.4 Å². The number of carbonyl (C=O) groups excluding carboxylic acids is 1. The summed E-state index contributed by atoms with van der Waals surface area (Å²) in [6, 6.07) is 19.7. The third-order valence-electron chi connectivity index (χ3n) is 8.56. The highest BCUT2D eigenvalue weighted by atomic mass is 19.4. The molecule has 0 aliphatic carbocycles. The van der Waals surface area contributed by atoms with Crippen molar-refractivity contribution in [1.29, 1.82) is 0 Å². The summed E-state index contributed by atoms with van der Waals surface area (Å²) in [6.07, 6.45) is 4.09. The number of nitrogens with one attached hydrogen (secondary N) is 2. The maximum Gasteiger partial charge on any atom is 0.416 e. The van der Waals surface area contributed by atoms with Crippen LogP contribution in [0.1, 0.15) is 11.1 Å². The van der Waals surface area contributed by atoms with Gasteiger partial charge in [0.25, 0.3) is 0 Å². The van der Waals surface area contributed by atoms with Gasteiger partial charge in [0, 0.05) is 74.1 Å². The van der Waals surface area contributed by atoms with E-state index >= 15 is 0 Å². The molecule has 3 aromatic carbocycles. The Morgan fingerprint density at radius 3 is 1.90 bits per heavy atom. The van der Waals surface area contributed by atoms with Crippen LogP contribution < -0.4 is 25.8 Å². The number of piperazine rings is 1. The zero-order valence-corrected chi connectivity index (χ0v) is 31.3. The number of benzene rings is 3. The zero-order chi connectivity index (χ0) is 41.2. The van der Waals surface area contributed by atoms with Crippen LogP contribution >= 0.6 is 0 Å². The smallest absolute Gasteiger partial charge is 0.416 e. The molecular formula is C40H36F3N11O5. The second-order valence-corrected chi connectivity index (χ2v) is 13.0. The van der Waals surface area contributed by atoms with E-state index in [9.17, 15) is 18.0 Å². The predicted octanol–water partition coefficient (Wildman–Crippen LogP) is 7.84. The predicted molar refractivity (Wildman–Crippen MR) is 209 cm³/mol. The van der Waals surface area contributed by atoms with Crippen LogP contribution in [0.5, 0.6) is 23.3 Å². The largest absolute Gasteiger partial charge is 0.443 e. The van der Waals surface area contributed by atoms with Gasteiger partial charge in [-0.1, -0.05) is 12.1 Å². The van der Waals surface area contributed by atoms with Crippen molar-refractivity contribution in [2.24, 2.45) is 0 Å². The summed E-state index contributed by atoms with van der Waals surface area (Å²) in [5.74, 6) is 2.32. The van der Waals surface area contributed by atoms with Crippen LogP contribution in [0.2, 0.25) is 0 Å². The maximum atomic E-state index is 13.6. The number of halogens is 3. The van der Waals surface area contributed by atoms with E-state index in [1.165, 1.54) is 31.4 Å². The third kappa shape index (κ3) is 11.4. The summed E-state index contributed by atoms with van der Waals surface area (Å²) in [5.41, 5.74) is 7.35. The van der Waals surface area contributed by atoms with Crippen LogP contribution in [-0.2, 0) is 12.7 Å². The molecule has 0 saturated carbocycles. The summed E-state index contributed by atoms with van der Waals surface area (Å²) >= 11 is 0. The van der Waals surface area contributed by atoms with E-state index < -0.39 is 17.8 Å². The van der Waals surface area contributed by atoms with Crippen LogP contribution in [0.15, 0.2) is 125 Å². The second kappa shape index (κ2) is 18.3. The number of amides is 2. The Labute approximate surface area is 334 Å². The lowest BCUT2D eigenvalue weighted by Gasteiger charge is -2.32. The molecule has 19 heteroatoms. The first-order valence-corrected chi connectivity index (χ1v) is 18.0. The van der Waals surface area contributed by atoms with Crippen molar-refractivity contribution in [1.82, 2.24) is 39.7 Å². The fourth-order valence-corrected chi connectivity index (χ4v) is 5.76. The van der Waals surface area contributed by atoms with Gasteiger partial charge in [-0.15, -0.1) is 0 Å². The Morgan fingerprint density at radius 2 is 1.32 bits per heavy atom. The summed E-state index contributed by atoms with van der Waals surface area (Å²) in [4.78, 5) is 41.3. The van der Waals surface area contributed by atoms with Gasteiger partial charge in [-0.2, -0.15) is 13.2 Å². The summed E-state index contributed by atoms with van der Waals surface area (Å²) in [7, 11) is 2.01. The van der Waals surface area contributed by atoms with E-state index in [1.54, 1.807) is 72.9 Å². The van der Waals surface area contributed by atoms with Crippen molar-refractivity contribution >= 4 is 23.1 Å². The molecule has 0 radical (unpaired) electrons. The third-order valence-corrected chi connectivity index (χ3v) is 8.56. The number of anilines is 3. The molecule has 1 aliphatic heterocycles. The van der Waals surface area contributed by atoms with E-state index in [4.69, 9.17) is 24.0 Å². The lowest BCUT2D eigenvalue weighted by molar-refractivity contribution is -0.137. The van der Waals surface area contributed by atoms with Gasteiger partial charge in [-0.05, 0) is 55.1 Å². The molecule has 4 N–H and O–H groups in total. The molecule has 7 aromatic rings. The highest BCUT2D eigenvalue weighted by Gasteiger charge is 2.31. The van der Waals surface area contributed by atoms with E-state index in [0.29, 0.717) is 64.0 Å². The first-order chi connectivity index (χ1) is 28.5. The summed E-state index contributed by atoms with van der Waals surface area (Å²) in [6.45, 7) is 3.55. The van der Waals surface area contributed by atoms with Crippen LogP contribution in [-0.4, -0.2) is 79.0 Å². The molecule has 8 rings (SSSR count). The topological polar surface area (TPSA) is 196 Å². The molecule has 59 heavy (non-hydrogen) atoms. The molecule has 1 saturated heterocycles. The minimum Gasteiger partial charge on any atom is -0.443 e. The Balaban J connectivity index is 0.000000231. The number of nitrogens with two attached hydrogens (primary N) is 1. The van der Waals surface area contributed by atoms with E-state index in [1.807, 2.05) is 7.05 Å². The lowest BCUT2D eigenvalue weighted by Crippen LogP contribution is -2.43. The van der Waals surface area contributed by atoms with Crippen LogP contribution in [0.4, 0.5) is 35.0 Å². The highest BCUT2D eigenvalue weighted by molar-refractivity contribution is 6.00. The van der Waals surface area contributed by atoms with Gasteiger partial charge in [-0.3, -0.25) is 4.90 Å². The molecule has 1 aliphatic rings. The Morgan fingerprint density at radius 1 is 0.729 bits per heavy atom. The number of nitrogen functional groups attached to an aromatic ring is 1. The van der Waals surface area contributed by atoms with Crippen LogP contribution in [0.25, 0.3) is 23.2 Å². The number of ether oxygens (including phenoxy) is 2. The average molecular weight is 808 g/mol. The molecule has 4 aromatic heterocycles. The van der Waals surface area contributed by atoms with Gasteiger partial charge in [0.05, 0.1) is 18.0 Å². The number of nitrogens with zero attached hydrogens (tertiary/aromatic N) is 8. The van der Waals surface area contributed by atoms with E-state index in [2.05, 4.69) is 50.3 Å². The number of likely N-dealkylation sites (N-methyl/N-ethyl adjacent to an activating group) is 1. The summed E-state index contributed by atoms with van der Waals surface area (Å²) in [5, 5.41) is 5.15. The normalized spacial score (nSPS) is 13.2. The van der Waals surface area contributed by atoms with E-state index in [0.717, 1.165) is 38.3 Å². The summed E-state index contributed by atoms with van der Waals surface area (Å²) < 4.78 is 62.6. The number of hydrogen-bond donors (Lipinski definition) is 3. The number of oxazole rings is 2. The number of aromatic nitrogens is 6. The number of carbonyl (C=O) groups is 1. The maximum absolute atomic E-state index is 13.6. The number of urea groups is 1. The van der Waals surface area contributed by atoms with Gasteiger partial charge < -0.3 is 39.6 Å². The monoisotopic (exact) mass is 807 g/mol. The van der Waals surface area contributed by atoms with Crippen molar-refractivity contribution in [2.45, 2.75) is 12.7 Å². The fraction of sp³-hybridized carbons (Fsp3) is 0.175. The molecule has 16 nitrogen and oxygen atoms in total. The van der Waals surface area contributed by atoms with Crippen LogP contribution in [0, 0.1) is 0 Å². The van der Waals surface area contributed by atoms with Gasteiger partial charge in [-0.25, -0.2) is 34.7 Å². The van der Waals surface area contributed by atoms with Crippen molar-refractivity contribution in [2.75, 3.05) is 49.6 Å². The molecular weight excluding hydrogens is 772 g/mol. The number of alkyl halides is 3. The first-order valence-electron chi connectivity index (χ1n) is 18.0. The van der Waals surface area contributed by atoms with Crippen molar-refractivity contribution in [3.63, 3.8) is 0 Å². The van der Waals surface area contributed by atoms with E-state index in [-0.39, 0.29) is 11.6 Å².